The van der Waals surface area contributed by atoms with Gasteiger partial charge in [-0.25, -0.2) is 9.97 Å². The van der Waals surface area contributed by atoms with E-state index in [1.807, 2.05) is 26.0 Å². The number of fused-ring (bicyclic) bond motifs is 1. The minimum absolute atomic E-state index is 0.0966. The van der Waals surface area contributed by atoms with Crippen molar-refractivity contribution < 1.29 is 0 Å². The molecule has 2 aromatic heterocycles. The Hall–Kier alpha value is -1.91. The fraction of sp³-hybridized carbons (Fsp3) is 0.533. The summed E-state index contributed by atoms with van der Waals surface area (Å²) in [5, 5.41) is 0. The lowest BCUT2D eigenvalue weighted by Crippen LogP contribution is -2.27. The van der Waals surface area contributed by atoms with E-state index in [0.29, 0.717) is 22.9 Å². The lowest BCUT2D eigenvalue weighted by molar-refractivity contribution is 0.727. The number of rotatable bonds is 2. The molecule has 1 N–H and O–H groups in total. The lowest BCUT2D eigenvalue weighted by atomic mass is 10.1. The summed E-state index contributed by atoms with van der Waals surface area (Å²) >= 11 is 0. The second kappa shape index (κ2) is 4.89. The van der Waals surface area contributed by atoms with Crippen LogP contribution in [0.25, 0.3) is 11.2 Å². The van der Waals surface area contributed by atoms with Crippen LogP contribution >= 0.6 is 0 Å². The van der Waals surface area contributed by atoms with Crippen molar-refractivity contribution in [1.82, 2.24) is 15.0 Å². The van der Waals surface area contributed by atoms with Crippen LogP contribution in [-0.4, -0.2) is 27.5 Å². The van der Waals surface area contributed by atoms with Crippen molar-refractivity contribution in [2.75, 3.05) is 11.4 Å². The second-order valence-corrected chi connectivity index (χ2v) is 5.83. The highest BCUT2D eigenvalue weighted by molar-refractivity contribution is 5.72. The van der Waals surface area contributed by atoms with Crippen molar-refractivity contribution in [1.29, 1.82) is 0 Å². The summed E-state index contributed by atoms with van der Waals surface area (Å²) in [6.07, 6.45) is 2.41. The smallest absolute Gasteiger partial charge is 0.270 e. The van der Waals surface area contributed by atoms with Gasteiger partial charge in [0.05, 0.1) is 5.52 Å². The van der Waals surface area contributed by atoms with Crippen LogP contribution in [0, 0.1) is 0 Å². The molecule has 1 atom stereocenters. The standard InChI is InChI=1S/C15H20N4O/c1-9(2)13-15(20)16-11-6-7-12(17-14(11)18-13)19-8-4-5-10(19)3/h6-7,9-10H,4-5,8H2,1-3H3,(H,16,20). The molecule has 20 heavy (non-hydrogen) atoms. The van der Waals surface area contributed by atoms with Crippen LogP contribution in [0.15, 0.2) is 16.9 Å². The van der Waals surface area contributed by atoms with Gasteiger partial charge in [0.25, 0.3) is 5.56 Å². The number of aromatic amines is 1. The highest BCUT2D eigenvalue weighted by Crippen LogP contribution is 2.24. The van der Waals surface area contributed by atoms with E-state index in [1.165, 1.54) is 12.8 Å². The first kappa shape index (κ1) is 13.1. The van der Waals surface area contributed by atoms with Crippen molar-refractivity contribution >= 4 is 17.0 Å². The molecule has 0 bridgehead atoms. The highest BCUT2D eigenvalue weighted by Gasteiger charge is 2.22. The van der Waals surface area contributed by atoms with Crippen molar-refractivity contribution in [2.45, 2.75) is 45.6 Å². The molecule has 3 rings (SSSR count). The molecule has 1 unspecified atom stereocenters. The van der Waals surface area contributed by atoms with E-state index >= 15 is 0 Å². The molecule has 1 aliphatic heterocycles. The minimum Gasteiger partial charge on any atom is -0.354 e. The summed E-state index contributed by atoms with van der Waals surface area (Å²) in [7, 11) is 0. The van der Waals surface area contributed by atoms with E-state index in [-0.39, 0.29) is 11.5 Å². The maximum Gasteiger partial charge on any atom is 0.270 e. The van der Waals surface area contributed by atoms with E-state index in [2.05, 4.69) is 26.8 Å². The molecular formula is C15H20N4O. The molecule has 2 aromatic rings. The Morgan fingerprint density at radius 3 is 2.80 bits per heavy atom. The van der Waals surface area contributed by atoms with E-state index < -0.39 is 0 Å². The molecular weight excluding hydrogens is 252 g/mol. The molecule has 1 saturated heterocycles. The quantitative estimate of drug-likeness (QED) is 0.912. The first-order chi connectivity index (χ1) is 9.56. The summed E-state index contributed by atoms with van der Waals surface area (Å²) in [5.41, 5.74) is 1.77. The number of hydrogen-bond acceptors (Lipinski definition) is 4. The highest BCUT2D eigenvalue weighted by atomic mass is 16.1. The average Bonchev–Trinajstić information content (AvgIpc) is 2.83. The number of H-pyrrole nitrogens is 1. The number of nitrogens with one attached hydrogen (secondary N) is 1. The maximum atomic E-state index is 11.9. The van der Waals surface area contributed by atoms with Gasteiger partial charge >= 0.3 is 0 Å². The Morgan fingerprint density at radius 1 is 1.35 bits per heavy atom. The van der Waals surface area contributed by atoms with E-state index in [4.69, 9.17) is 0 Å². The zero-order chi connectivity index (χ0) is 14.3. The molecule has 0 radical (unpaired) electrons. The molecule has 0 saturated carbocycles. The number of pyridine rings is 1. The zero-order valence-corrected chi connectivity index (χ0v) is 12.2. The van der Waals surface area contributed by atoms with Gasteiger partial charge in [-0.15, -0.1) is 0 Å². The third-order valence-corrected chi connectivity index (χ3v) is 3.96. The third-order valence-electron chi connectivity index (χ3n) is 3.96. The molecule has 1 fully saturated rings. The maximum absolute atomic E-state index is 11.9. The van der Waals surface area contributed by atoms with Gasteiger partial charge in [-0.05, 0) is 31.9 Å². The molecule has 106 valence electrons. The Kier molecular flexibility index (Phi) is 3.20. The van der Waals surface area contributed by atoms with Crippen molar-refractivity contribution in [3.05, 3.63) is 28.2 Å². The lowest BCUT2D eigenvalue weighted by Gasteiger charge is -2.22. The van der Waals surface area contributed by atoms with Crippen LogP contribution < -0.4 is 10.5 Å². The van der Waals surface area contributed by atoms with Gasteiger partial charge in [0.1, 0.15) is 11.5 Å². The minimum atomic E-state index is -0.114. The Morgan fingerprint density at radius 2 is 2.15 bits per heavy atom. The SMILES string of the molecule is CC(C)c1nc2nc(N3CCCC3C)ccc2[nH]c1=O. The number of anilines is 1. The number of hydrogen-bond donors (Lipinski definition) is 1. The van der Waals surface area contributed by atoms with Crippen LogP contribution in [0.3, 0.4) is 0 Å². The fourth-order valence-electron chi connectivity index (χ4n) is 2.80. The largest absolute Gasteiger partial charge is 0.354 e. The first-order valence-electron chi connectivity index (χ1n) is 7.24. The first-order valence-corrected chi connectivity index (χ1v) is 7.24. The summed E-state index contributed by atoms with van der Waals surface area (Å²) in [6.45, 7) is 7.20. The Bertz CT molecular complexity index is 692. The molecule has 0 aromatic carbocycles. The van der Waals surface area contributed by atoms with Crippen molar-refractivity contribution in [2.24, 2.45) is 0 Å². The number of aromatic nitrogens is 3. The van der Waals surface area contributed by atoms with Crippen LogP contribution in [-0.2, 0) is 0 Å². The van der Waals surface area contributed by atoms with Crippen molar-refractivity contribution in [3.8, 4) is 0 Å². The van der Waals surface area contributed by atoms with Crippen molar-refractivity contribution in [3.63, 3.8) is 0 Å². The van der Waals surface area contributed by atoms with Crippen LogP contribution in [0.4, 0.5) is 5.82 Å². The monoisotopic (exact) mass is 272 g/mol. The molecule has 0 amide bonds. The third kappa shape index (κ3) is 2.17. The normalized spacial score (nSPS) is 19.2. The number of nitrogens with zero attached hydrogens (tertiary/aromatic N) is 3. The molecule has 5 heteroatoms. The van der Waals surface area contributed by atoms with Crippen LogP contribution in [0.5, 0.6) is 0 Å². The second-order valence-electron chi connectivity index (χ2n) is 5.83. The van der Waals surface area contributed by atoms with Gasteiger partial charge < -0.3 is 9.88 Å². The van der Waals surface area contributed by atoms with Gasteiger partial charge in [-0.1, -0.05) is 13.8 Å². The summed E-state index contributed by atoms with van der Waals surface area (Å²) < 4.78 is 0. The zero-order valence-electron chi connectivity index (χ0n) is 12.2. The van der Waals surface area contributed by atoms with Gasteiger partial charge in [0.15, 0.2) is 5.65 Å². The topological polar surface area (TPSA) is 61.9 Å². The summed E-state index contributed by atoms with van der Waals surface area (Å²) in [6, 6.07) is 4.39. The van der Waals surface area contributed by atoms with Crippen LogP contribution in [0.1, 0.15) is 45.2 Å². The van der Waals surface area contributed by atoms with Gasteiger partial charge in [-0.2, -0.15) is 0 Å². The van der Waals surface area contributed by atoms with E-state index in [9.17, 15) is 4.79 Å². The predicted octanol–water partition coefficient (Wildman–Crippen LogP) is 2.43. The Balaban J connectivity index is 2.10. The molecule has 5 nitrogen and oxygen atoms in total. The Labute approximate surface area is 118 Å². The van der Waals surface area contributed by atoms with E-state index in [0.717, 1.165) is 12.4 Å². The summed E-state index contributed by atoms with van der Waals surface area (Å²) in [5.74, 6) is 1.05. The predicted molar refractivity (Wildman–Crippen MR) is 80.3 cm³/mol. The van der Waals surface area contributed by atoms with Gasteiger partial charge in [-0.3, -0.25) is 4.79 Å². The molecule has 0 spiro atoms. The summed E-state index contributed by atoms with van der Waals surface area (Å²) in [4.78, 5) is 26.2. The van der Waals surface area contributed by atoms with Crippen LogP contribution in [0.2, 0.25) is 0 Å². The van der Waals surface area contributed by atoms with Gasteiger partial charge in [0.2, 0.25) is 0 Å². The molecule has 3 heterocycles. The van der Waals surface area contributed by atoms with E-state index in [1.54, 1.807) is 0 Å². The van der Waals surface area contributed by atoms with Gasteiger partial charge in [0, 0.05) is 18.5 Å². The molecule has 1 aliphatic rings. The molecule has 0 aliphatic carbocycles. The average molecular weight is 272 g/mol. The fourth-order valence-corrected chi connectivity index (χ4v) is 2.80.